The first kappa shape index (κ1) is 28.8. The number of thiazole rings is 1. The molecule has 0 radical (unpaired) electrons. The standard InChI is InChI=1S/C29H35F2N5O2S/c1-3-7-25(34-27(37)14-21-12-22(30)15-23(31)13-21)28(38)35-29-32-16-26(39-29)19(2)33-24-10-11-36(18-24)17-20-8-5-4-6-9-20/h4-6,8-9,12-13,15-16,19,24-25,33H,3,7,10-11,14,17-18H2,1-2H3,(H,34,37)(H,32,35,38). The van der Waals surface area contributed by atoms with E-state index in [9.17, 15) is 18.4 Å². The van der Waals surface area contributed by atoms with Gasteiger partial charge in [-0.2, -0.15) is 0 Å². The predicted octanol–water partition coefficient (Wildman–Crippen LogP) is 4.81. The van der Waals surface area contributed by atoms with Crippen molar-refractivity contribution in [2.45, 2.75) is 64.2 Å². The van der Waals surface area contributed by atoms with Gasteiger partial charge in [0.1, 0.15) is 17.7 Å². The number of amides is 2. The molecule has 2 amide bonds. The van der Waals surface area contributed by atoms with Crippen molar-refractivity contribution in [3.05, 3.63) is 82.4 Å². The molecule has 0 bridgehead atoms. The number of aromatic nitrogens is 1. The van der Waals surface area contributed by atoms with Crippen molar-refractivity contribution in [1.82, 2.24) is 20.5 Å². The van der Waals surface area contributed by atoms with E-state index in [2.05, 4.69) is 57.0 Å². The van der Waals surface area contributed by atoms with Crippen LogP contribution >= 0.6 is 11.3 Å². The second-order valence-corrected chi connectivity index (χ2v) is 11.1. The van der Waals surface area contributed by atoms with Crippen LogP contribution in [0.4, 0.5) is 13.9 Å². The van der Waals surface area contributed by atoms with Crippen LogP contribution in [-0.4, -0.2) is 46.9 Å². The van der Waals surface area contributed by atoms with Crippen LogP contribution in [-0.2, 0) is 22.6 Å². The molecular formula is C29H35F2N5O2S. The number of benzene rings is 2. The molecule has 1 fully saturated rings. The smallest absolute Gasteiger partial charge is 0.248 e. The van der Waals surface area contributed by atoms with E-state index in [4.69, 9.17) is 0 Å². The van der Waals surface area contributed by atoms with Gasteiger partial charge in [0.2, 0.25) is 11.8 Å². The average molecular weight is 556 g/mol. The molecule has 1 aromatic heterocycles. The minimum atomic E-state index is -0.780. The van der Waals surface area contributed by atoms with E-state index in [1.54, 1.807) is 6.20 Å². The Kier molecular flexibility index (Phi) is 10.1. The van der Waals surface area contributed by atoms with E-state index in [1.165, 1.54) is 16.9 Å². The lowest BCUT2D eigenvalue weighted by molar-refractivity contribution is -0.126. The summed E-state index contributed by atoms with van der Waals surface area (Å²) in [5.74, 6) is -2.35. The number of rotatable bonds is 12. The fourth-order valence-electron chi connectivity index (χ4n) is 4.83. The van der Waals surface area contributed by atoms with Gasteiger partial charge in [0, 0.05) is 48.9 Å². The van der Waals surface area contributed by atoms with E-state index in [1.807, 2.05) is 13.0 Å². The van der Waals surface area contributed by atoms with Crippen molar-refractivity contribution in [2.24, 2.45) is 0 Å². The van der Waals surface area contributed by atoms with Gasteiger partial charge in [-0.3, -0.25) is 14.5 Å². The second-order valence-electron chi connectivity index (χ2n) is 10.0. The minimum Gasteiger partial charge on any atom is -0.344 e. The molecule has 7 nitrogen and oxygen atoms in total. The number of nitrogens with one attached hydrogen (secondary N) is 3. The van der Waals surface area contributed by atoms with Gasteiger partial charge >= 0.3 is 0 Å². The Labute approximate surface area is 232 Å². The summed E-state index contributed by atoms with van der Waals surface area (Å²) in [6.45, 7) is 6.96. The summed E-state index contributed by atoms with van der Waals surface area (Å²) in [5, 5.41) is 9.65. The summed E-state index contributed by atoms with van der Waals surface area (Å²) in [6, 6.07) is 13.1. The number of nitrogens with zero attached hydrogens (tertiary/aromatic N) is 2. The second kappa shape index (κ2) is 13.7. The van der Waals surface area contributed by atoms with Gasteiger partial charge in [-0.25, -0.2) is 13.8 Å². The summed E-state index contributed by atoms with van der Waals surface area (Å²) >= 11 is 1.40. The molecule has 2 aromatic carbocycles. The van der Waals surface area contributed by atoms with Gasteiger partial charge in [-0.05, 0) is 43.0 Å². The number of carbonyl (C=O) groups excluding carboxylic acids is 2. The highest BCUT2D eigenvalue weighted by Gasteiger charge is 2.25. The monoisotopic (exact) mass is 555 g/mol. The SMILES string of the molecule is CCCC(NC(=O)Cc1cc(F)cc(F)c1)C(=O)Nc1ncc(C(C)NC2CCN(Cc3ccccc3)C2)s1. The van der Waals surface area contributed by atoms with Crippen LogP contribution in [0.25, 0.3) is 0 Å². The Hall–Kier alpha value is -3.21. The first-order valence-corrected chi connectivity index (χ1v) is 14.1. The Morgan fingerprint density at radius 3 is 2.59 bits per heavy atom. The largest absolute Gasteiger partial charge is 0.344 e. The third kappa shape index (κ3) is 8.64. The molecule has 39 heavy (non-hydrogen) atoms. The zero-order valence-corrected chi connectivity index (χ0v) is 23.1. The lowest BCUT2D eigenvalue weighted by Crippen LogP contribution is -2.44. The first-order chi connectivity index (χ1) is 18.8. The Bertz CT molecular complexity index is 1240. The lowest BCUT2D eigenvalue weighted by atomic mass is 10.1. The summed E-state index contributed by atoms with van der Waals surface area (Å²) in [4.78, 5) is 33.3. The van der Waals surface area contributed by atoms with Gasteiger partial charge < -0.3 is 16.0 Å². The van der Waals surface area contributed by atoms with Crippen molar-refractivity contribution in [1.29, 1.82) is 0 Å². The number of halogens is 2. The predicted molar refractivity (Wildman–Crippen MR) is 149 cm³/mol. The topological polar surface area (TPSA) is 86.4 Å². The molecule has 208 valence electrons. The lowest BCUT2D eigenvalue weighted by Gasteiger charge is -2.20. The quantitative estimate of drug-likeness (QED) is 0.299. The van der Waals surface area contributed by atoms with Crippen molar-refractivity contribution in [3.63, 3.8) is 0 Å². The van der Waals surface area contributed by atoms with Gasteiger partial charge in [0.05, 0.1) is 6.42 Å². The molecule has 0 aliphatic carbocycles. The summed E-state index contributed by atoms with van der Waals surface area (Å²) in [7, 11) is 0. The summed E-state index contributed by atoms with van der Waals surface area (Å²) in [5.41, 5.74) is 1.52. The normalized spacial score (nSPS) is 17.1. The fourth-order valence-corrected chi connectivity index (χ4v) is 5.66. The highest BCUT2D eigenvalue weighted by molar-refractivity contribution is 7.15. The number of hydrogen-bond donors (Lipinski definition) is 3. The molecule has 4 rings (SSSR count). The van der Waals surface area contributed by atoms with E-state index in [-0.39, 0.29) is 23.9 Å². The average Bonchev–Trinajstić information content (AvgIpc) is 3.53. The highest BCUT2D eigenvalue weighted by atomic mass is 32.1. The number of carbonyl (C=O) groups is 2. The van der Waals surface area contributed by atoms with E-state index >= 15 is 0 Å². The van der Waals surface area contributed by atoms with Crippen LogP contribution in [0.1, 0.15) is 55.2 Å². The Morgan fingerprint density at radius 1 is 1.13 bits per heavy atom. The molecule has 1 aliphatic rings. The molecular weight excluding hydrogens is 520 g/mol. The van der Waals surface area contributed by atoms with Crippen molar-refractivity contribution < 1.29 is 18.4 Å². The van der Waals surface area contributed by atoms with Crippen LogP contribution in [0.15, 0.2) is 54.7 Å². The van der Waals surface area contributed by atoms with Crippen molar-refractivity contribution >= 4 is 28.3 Å². The van der Waals surface area contributed by atoms with Crippen LogP contribution < -0.4 is 16.0 Å². The van der Waals surface area contributed by atoms with Crippen molar-refractivity contribution in [2.75, 3.05) is 18.4 Å². The van der Waals surface area contributed by atoms with Crippen LogP contribution in [0.3, 0.4) is 0 Å². The zero-order valence-electron chi connectivity index (χ0n) is 22.3. The molecule has 3 aromatic rings. The van der Waals surface area contributed by atoms with E-state index in [0.717, 1.165) is 49.1 Å². The minimum absolute atomic E-state index is 0.0765. The first-order valence-electron chi connectivity index (χ1n) is 13.3. The van der Waals surface area contributed by atoms with Gasteiger partial charge in [-0.15, -0.1) is 11.3 Å². The Balaban J connectivity index is 1.27. The maximum absolute atomic E-state index is 13.5. The zero-order chi connectivity index (χ0) is 27.8. The van der Waals surface area contributed by atoms with E-state index < -0.39 is 23.6 Å². The Morgan fingerprint density at radius 2 is 1.87 bits per heavy atom. The fraction of sp³-hybridized carbons (Fsp3) is 0.414. The maximum Gasteiger partial charge on any atom is 0.248 e. The highest BCUT2D eigenvalue weighted by Crippen LogP contribution is 2.26. The molecule has 0 spiro atoms. The number of hydrogen-bond acceptors (Lipinski definition) is 6. The van der Waals surface area contributed by atoms with Gasteiger partial charge in [0.25, 0.3) is 0 Å². The van der Waals surface area contributed by atoms with Gasteiger partial charge in [0.15, 0.2) is 5.13 Å². The molecule has 1 saturated heterocycles. The van der Waals surface area contributed by atoms with Crippen LogP contribution in [0, 0.1) is 11.6 Å². The third-order valence-electron chi connectivity index (χ3n) is 6.70. The van der Waals surface area contributed by atoms with Gasteiger partial charge in [-0.1, -0.05) is 43.7 Å². The summed E-state index contributed by atoms with van der Waals surface area (Å²) in [6.07, 6.45) is 3.70. The van der Waals surface area contributed by atoms with E-state index in [0.29, 0.717) is 24.0 Å². The third-order valence-corrected chi connectivity index (χ3v) is 7.80. The molecule has 3 N–H and O–H groups in total. The molecule has 3 atom stereocenters. The molecule has 3 unspecified atom stereocenters. The molecule has 10 heteroatoms. The summed E-state index contributed by atoms with van der Waals surface area (Å²) < 4.78 is 26.9. The van der Waals surface area contributed by atoms with Crippen LogP contribution in [0.5, 0.6) is 0 Å². The molecule has 1 aliphatic heterocycles. The van der Waals surface area contributed by atoms with Crippen molar-refractivity contribution in [3.8, 4) is 0 Å². The molecule has 2 heterocycles. The molecule has 0 saturated carbocycles. The number of anilines is 1. The van der Waals surface area contributed by atoms with Crippen LogP contribution in [0.2, 0.25) is 0 Å². The number of likely N-dealkylation sites (tertiary alicyclic amines) is 1. The maximum atomic E-state index is 13.5.